The first-order chi connectivity index (χ1) is 16.1. The number of rotatable bonds is 9. The van der Waals surface area contributed by atoms with E-state index < -0.39 is 0 Å². The normalized spacial score (nSPS) is 15.0. The first-order valence-electron chi connectivity index (χ1n) is 11.7. The molecule has 3 aromatic rings. The number of pyridine rings is 1. The first kappa shape index (κ1) is 23.3. The monoisotopic (exact) mass is 465 g/mol. The Bertz CT molecular complexity index is 1180. The fraction of sp³-hybridized carbons (Fsp3) is 0.440. The number of likely N-dealkylation sites (tertiary alicyclic amines) is 1. The van der Waals surface area contributed by atoms with Crippen molar-refractivity contribution in [2.75, 3.05) is 13.1 Å². The summed E-state index contributed by atoms with van der Waals surface area (Å²) in [4.78, 5) is 34.9. The number of para-hydroxylation sites is 1. The molecule has 0 spiro atoms. The highest BCUT2D eigenvalue weighted by atomic mass is 32.1. The summed E-state index contributed by atoms with van der Waals surface area (Å²) in [5.74, 6) is 0.123. The van der Waals surface area contributed by atoms with E-state index in [9.17, 15) is 9.59 Å². The zero-order chi connectivity index (χ0) is 23.0. The minimum absolute atomic E-state index is 0.0542. The van der Waals surface area contributed by atoms with Crippen LogP contribution in [0.3, 0.4) is 0 Å². The van der Waals surface area contributed by atoms with Gasteiger partial charge in [0.05, 0.1) is 16.6 Å². The van der Waals surface area contributed by atoms with Crippen molar-refractivity contribution in [2.45, 2.75) is 57.7 Å². The SMILES string of the molecule is O=C(CCCCCn1c(=S)[nH]c2ccccc2c1=O)NC1CCN(Cc2ccccn2)CC1. The number of nitrogens with one attached hydrogen (secondary N) is 2. The van der Waals surface area contributed by atoms with Gasteiger partial charge in [0.15, 0.2) is 4.77 Å². The summed E-state index contributed by atoms with van der Waals surface area (Å²) in [7, 11) is 0. The van der Waals surface area contributed by atoms with Crippen LogP contribution in [0.4, 0.5) is 0 Å². The number of amides is 1. The molecule has 1 amide bonds. The molecule has 0 bridgehead atoms. The third-order valence-corrected chi connectivity index (χ3v) is 6.56. The smallest absolute Gasteiger partial charge is 0.262 e. The molecule has 2 aromatic heterocycles. The number of aromatic nitrogens is 3. The Labute approximate surface area is 198 Å². The van der Waals surface area contributed by atoms with Crippen molar-refractivity contribution in [2.24, 2.45) is 0 Å². The molecule has 1 fully saturated rings. The summed E-state index contributed by atoms with van der Waals surface area (Å²) in [5, 5.41) is 3.84. The molecule has 0 saturated carbocycles. The number of nitrogens with zero attached hydrogens (tertiary/aromatic N) is 3. The molecule has 3 heterocycles. The highest BCUT2D eigenvalue weighted by molar-refractivity contribution is 7.71. The van der Waals surface area contributed by atoms with Gasteiger partial charge >= 0.3 is 0 Å². The average Bonchev–Trinajstić information content (AvgIpc) is 2.82. The van der Waals surface area contributed by atoms with Gasteiger partial charge in [0.25, 0.3) is 5.56 Å². The molecule has 174 valence electrons. The van der Waals surface area contributed by atoms with Gasteiger partial charge in [-0.25, -0.2) is 0 Å². The molecule has 1 saturated heterocycles. The number of H-pyrrole nitrogens is 1. The van der Waals surface area contributed by atoms with Crippen molar-refractivity contribution < 1.29 is 4.79 Å². The number of hydrogen-bond donors (Lipinski definition) is 2. The van der Waals surface area contributed by atoms with E-state index in [1.807, 2.05) is 42.6 Å². The van der Waals surface area contributed by atoms with Crippen LogP contribution in [0.2, 0.25) is 0 Å². The highest BCUT2D eigenvalue weighted by Gasteiger charge is 2.20. The molecule has 0 atom stereocenters. The predicted molar refractivity (Wildman–Crippen MR) is 133 cm³/mol. The molecule has 0 radical (unpaired) electrons. The Kier molecular flexibility index (Phi) is 8.01. The van der Waals surface area contributed by atoms with E-state index in [0.29, 0.717) is 23.1 Å². The number of carbonyl (C=O) groups is 1. The van der Waals surface area contributed by atoms with E-state index in [1.54, 1.807) is 4.57 Å². The Morgan fingerprint density at radius 2 is 1.88 bits per heavy atom. The third-order valence-electron chi connectivity index (χ3n) is 6.24. The number of benzene rings is 1. The number of aromatic amines is 1. The maximum absolute atomic E-state index is 12.7. The molecular weight excluding hydrogens is 434 g/mol. The molecule has 4 rings (SSSR count). The Balaban J connectivity index is 1.14. The van der Waals surface area contributed by atoms with Crippen molar-refractivity contribution in [1.82, 2.24) is 24.8 Å². The van der Waals surface area contributed by atoms with Crippen molar-refractivity contribution in [3.05, 3.63) is 69.5 Å². The number of unbranched alkanes of at least 4 members (excludes halogenated alkanes) is 2. The Morgan fingerprint density at radius 3 is 2.67 bits per heavy atom. The second kappa shape index (κ2) is 11.3. The lowest BCUT2D eigenvalue weighted by Crippen LogP contribution is -2.44. The van der Waals surface area contributed by atoms with E-state index >= 15 is 0 Å². The van der Waals surface area contributed by atoms with Gasteiger partial charge in [-0.2, -0.15) is 0 Å². The van der Waals surface area contributed by atoms with Crippen LogP contribution in [0.1, 0.15) is 44.2 Å². The number of hydrogen-bond acceptors (Lipinski definition) is 5. The van der Waals surface area contributed by atoms with Crippen LogP contribution < -0.4 is 10.9 Å². The van der Waals surface area contributed by atoms with Gasteiger partial charge in [0.1, 0.15) is 0 Å². The Hall–Kier alpha value is -2.84. The minimum Gasteiger partial charge on any atom is -0.353 e. The van der Waals surface area contributed by atoms with Gasteiger partial charge in [0.2, 0.25) is 5.91 Å². The van der Waals surface area contributed by atoms with E-state index in [2.05, 4.69) is 26.3 Å². The fourth-order valence-electron chi connectivity index (χ4n) is 4.39. The molecule has 8 heteroatoms. The van der Waals surface area contributed by atoms with Crippen LogP contribution >= 0.6 is 12.2 Å². The third kappa shape index (κ3) is 6.36. The number of piperidine rings is 1. The van der Waals surface area contributed by atoms with Gasteiger partial charge in [-0.1, -0.05) is 24.6 Å². The quantitative estimate of drug-likeness (QED) is 0.371. The van der Waals surface area contributed by atoms with Crippen molar-refractivity contribution in [3.8, 4) is 0 Å². The molecule has 2 N–H and O–H groups in total. The van der Waals surface area contributed by atoms with Crippen LogP contribution in [-0.4, -0.2) is 44.5 Å². The second-order valence-corrected chi connectivity index (χ2v) is 9.07. The molecule has 33 heavy (non-hydrogen) atoms. The van der Waals surface area contributed by atoms with E-state index in [-0.39, 0.29) is 17.5 Å². The standard InChI is InChI=1S/C25H31N5O2S/c31-23(27-19-12-16-29(17-13-19)18-20-8-5-6-14-26-20)11-2-1-7-15-30-24(32)21-9-3-4-10-22(21)28-25(30)33/h3-6,8-10,14,19H,1-2,7,11-13,15-18H2,(H,27,31)(H,28,33). The highest BCUT2D eigenvalue weighted by Crippen LogP contribution is 2.14. The fourth-order valence-corrected chi connectivity index (χ4v) is 4.67. The van der Waals surface area contributed by atoms with Crippen LogP contribution in [0.5, 0.6) is 0 Å². The van der Waals surface area contributed by atoms with Crippen LogP contribution in [0.15, 0.2) is 53.5 Å². The molecular formula is C25H31N5O2S. The van der Waals surface area contributed by atoms with Gasteiger partial charge < -0.3 is 10.3 Å². The molecule has 0 unspecified atom stereocenters. The summed E-state index contributed by atoms with van der Waals surface area (Å²) < 4.78 is 2.07. The number of fused-ring (bicyclic) bond motifs is 1. The molecule has 1 aliphatic rings. The summed E-state index contributed by atoms with van der Waals surface area (Å²) in [5.41, 5.74) is 1.80. The van der Waals surface area contributed by atoms with Crippen LogP contribution in [-0.2, 0) is 17.9 Å². The van der Waals surface area contributed by atoms with Gasteiger partial charge in [0, 0.05) is 44.8 Å². The summed E-state index contributed by atoms with van der Waals surface area (Å²) in [6.07, 6.45) is 6.80. The topological polar surface area (TPSA) is 83.0 Å². The molecule has 0 aliphatic carbocycles. The van der Waals surface area contributed by atoms with Crippen LogP contribution in [0, 0.1) is 4.77 Å². The Morgan fingerprint density at radius 1 is 1.09 bits per heavy atom. The maximum atomic E-state index is 12.7. The predicted octanol–water partition coefficient (Wildman–Crippen LogP) is 3.80. The maximum Gasteiger partial charge on any atom is 0.262 e. The molecule has 7 nitrogen and oxygen atoms in total. The van der Waals surface area contributed by atoms with Crippen molar-refractivity contribution >= 4 is 29.0 Å². The first-order valence-corrected chi connectivity index (χ1v) is 12.1. The largest absolute Gasteiger partial charge is 0.353 e. The lowest BCUT2D eigenvalue weighted by Gasteiger charge is -2.32. The summed E-state index contributed by atoms with van der Waals surface area (Å²) in [6, 6.07) is 13.7. The van der Waals surface area contributed by atoms with E-state index in [1.165, 1.54) is 0 Å². The van der Waals surface area contributed by atoms with Crippen molar-refractivity contribution in [1.29, 1.82) is 0 Å². The average molecular weight is 466 g/mol. The van der Waals surface area contributed by atoms with Crippen molar-refractivity contribution in [3.63, 3.8) is 0 Å². The zero-order valence-electron chi connectivity index (χ0n) is 18.8. The molecule has 1 aromatic carbocycles. The minimum atomic E-state index is -0.0542. The van der Waals surface area contributed by atoms with Gasteiger partial charge in [-0.05, 0) is 62.2 Å². The van der Waals surface area contributed by atoms with Gasteiger partial charge in [-0.3, -0.25) is 24.0 Å². The van der Waals surface area contributed by atoms with E-state index in [0.717, 1.165) is 62.9 Å². The number of carbonyl (C=O) groups excluding carboxylic acids is 1. The summed E-state index contributed by atoms with van der Waals surface area (Å²) >= 11 is 5.36. The lowest BCUT2D eigenvalue weighted by atomic mass is 10.0. The van der Waals surface area contributed by atoms with Gasteiger partial charge in [-0.15, -0.1) is 0 Å². The van der Waals surface area contributed by atoms with Crippen LogP contribution in [0.25, 0.3) is 10.9 Å². The van der Waals surface area contributed by atoms with E-state index in [4.69, 9.17) is 12.2 Å². The zero-order valence-corrected chi connectivity index (χ0v) is 19.7. The second-order valence-electron chi connectivity index (χ2n) is 8.68. The lowest BCUT2D eigenvalue weighted by molar-refractivity contribution is -0.122. The summed E-state index contributed by atoms with van der Waals surface area (Å²) in [6.45, 7) is 3.38. The molecule has 1 aliphatic heterocycles.